The van der Waals surface area contributed by atoms with Crippen molar-refractivity contribution in [2.45, 2.75) is 6.92 Å². The summed E-state index contributed by atoms with van der Waals surface area (Å²) in [6.07, 6.45) is 0. The second kappa shape index (κ2) is 6.39. The van der Waals surface area contributed by atoms with E-state index in [9.17, 15) is 0 Å². The molecule has 0 bridgehead atoms. The van der Waals surface area contributed by atoms with Crippen LogP contribution in [-0.4, -0.2) is 17.3 Å². The quantitative estimate of drug-likeness (QED) is 0.535. The van der Waals surface area contributed by atoms with Crippen LogP contribution in [0, 0.1) is 6.92 Å². The normalized spacial score (nSPS) is 9.22. The number of para-hydroxylation sites is 1. The maximum atomic E-state index is 8.96. The largest absolute Gasteiger partial charge is 0.504 e. The minimum absolute atomic E-state index is 0.0301. The van der Waals surface area contributed by atoms with Gasteiger partial charge in [-0.15, -0.1) is 0 Å². The number of anilines is 1. The molecular formula is C14H17NO3. The molecule has 0 aromatic heterocycles. The van der Waals surface area contributed by atoms with Crippen LogP contribution in [0.15, 0.2) is 42.5 Å². The van der Waals surface area contributed by atoms with E-state index >= 15 is 0 Å². The van der Waals surface area contributed by atoms with Crippen LogP contribution in [0.1, 0.15) is 5.56 Å². The molecule has 0 aliphatic rings. The van der Waals surface area contributed by atoms with Gasteiger partial charge in [-0.2, -0.15) is 0 Å². The molecule has 0 atom stereocenters. The average molecular weight is 247 g/mol. The number of hydrogen-bond acceptors (Lipinski definition) is 4. The van der Waals surface area contributed by atoms with Crippen LogP contribution >= 0.6 is 0 Å². The van der Waals surface area contributed by atoms with E-state index in [0.717, 1.165) is 11.4 Å². The fourth-order valence-corrected chi connectivity index (χ4v) is 1.25. The van der Waals surface area contributed by atoms with Gasteiger partial charge in [0.2, 0.25) is 0 Å². The molecule has 96 valence electrons. The number of nitrogen functional groups attached to an aromatic ring is 1. The third kappa shape index (κ3) is 3.90. The zero-order chi connectivity index (χ0) is 13.5. The molecule has 0 saturated heterocycles. The molecule has 4 heteroatoms. The summed E-state index contributed by atoms with van der Waals surface area (Å²) in [6, 6.07) is 12.1. The Balaban J connectivity index is 0.000000180. The Kier molecular flexibility index (Phi) is 4.87. The lowest BCUT2D eigenvalue weighted by molar-refractivity contribution is 0.401. The number of hydrogen-bond donors (Lipinski definition) is 3. The van der Waals surface area contributed by atoms with Gasteiger partial charge >= 0.3 is 0 Å². The second-order valence-corrected chi connectivity index (χ2v) is 3.72. The van der Waals surface area contributed by atoms with Crippen LogP contribution in [0.25, 0.3) is 0 Å². The zero-order valence-corrected chi connectivity index (χ0v) is 10.4. The van der Waals surface area contributed by atoms with Gasteiger partial charge in [0.15, 0.2) is 11.5 Å². The van der Waals surface area contributed by atoms with Crippen LogP contribution in [0.4, 0.5) is 5.69 Å². The van der Waals surface area contributed by atoms with Crippen molar-refractivity contribution in [2.75, 3.05) is 12.8 Å². The highest BCUT2D eigenvalue weighted by molar-refractivity contribution is 5.43. The smallest absolute Gasteiger partial charge is 0.160 e. The Labute approximate surface area is 106 Å². The molecule has 0 saturated carbocycles. The molecule has 0 radical (unpaired) electrons. The highest BCUT2D eigenvalue weighted by Crippen LogP contribution is 2.26. The van der Waals surface area contributed by atoms with E-state index in [2.05, 4.69) is 0 Å². The van der Waals surface area contributed by atoms with Gasteiger partial charge in [0, 0.05) is 5.69 Å². The first-order chi connectivity index (χ1) is 8.54. The first-order valence-electron chi connectivity index (χ1n) is 5.41. The molecule has 4 nitrogen and oxygen atoms in total. The Morgan fingerprint density at radius 2 is 1.61 bits per heavy atom. The molecular weight excluding hydrogens is 230 g/mol. The number of benzene rings is 2. The fraction of sp³-hybridized carbons (Fsp3) is 0.143. The molecule has 4 N–H and O–H groups in total. The molecule has 0 aliphatic carbocycles. The zero-order valence-electron chi connectivity index (χ0n) is 10.4. The van der Waals surface area contributed by atoms with Gasteiger partial charge in [-0.25, -0.2) is 0 Å². The molecule has 18 heavy (non-hydrogen) atoms. The van der Waals surface area contributed by atoms with Gasteiger partial charge in [0.25, 0.3) is 0 Å². The summed E-state index contributed by atoms with van der Waals surface area (Å²) in [7, 11) is 1.63. The van der Waals surface area contributed by atoms with E-state index in [4.69, 9.17) is 20.7 Å². The predicted molar refractivity (Wildman–Crippen MR) is 71.9 cm³/mol. The van der Waals surface area contributed by atoms with Gasteiger partial charge < -0.3 is 20.7 Å². The molecule has 2 aromatic carbocycles. The van der Waals surface area contributed by atoms with Gasteiger partial charge in [-0.3, -0.25) is 0 Å². The highest BCUT2D eigenvalue weighted by Gasteiger charge is 1.98. The van der Waals surface area contributed by atoms with Gasteiger partial charge in [-0.1, -0.05) is 12.1 Å². The van der Waals surface area contributed by atoms with Crippen molar-refractivity contribution in [3.63, 3.8) is 0 Å². The number of methoxy groups -OCH3 is 1. The summed E-state index contributed by atoms with van der Waals surface area (Å²) < 4.78 is 4.91. The lowest BCUT2D eigenvalue weighted by Crippen LogP contribution is -1.84. The highest BCUT2D eigenvalue weighted by atomic mass is 16.5. The van der Waals surface area contributed by atoms with E-state index in [0.29, 0.717) is 5.56 Å². The number of phenolic OH excluding ortho intramolecular Hbond substituents is 2. The first kappa shape index (κ1) is 13.7. The fourth-order valence-electron chi connectivity index (χ4n) is 1.25. The van der Waals surface area contributed by atoms with Crippen LogP contribution in [-0.2, 0) is 0 Å². The third-order valence-corrected chi connectivity index (χ3v) is 2.33. The Hall–Kier alpha value is -2.36. The summed E-state index contributed by atoms with van der Waals surface area (Å²) in [5, 5.41) is 17.8. The SMILES string of the molecule is COc1ccc(N)cc1.Cc1cccc(O)c1O. The molecule has 0 aliphatic heterocycles. The van der Waals surface area contributed by atoms with Crippen LogP contribution in [0.3, 0.4) is 0 Å². The first-order valence-corrected chi connectivity index (χ1v) is 5.41. The maximum absolute atomic E-state index is 8.96. The van der Waals surface area contributed by atoms with Crippen molar-refractivity contribution in [3.05, 3.63) is 48.0 Å². The van der Waals surface area contributed by atoms with E-state index in [-0.39, 0.29) is 11.5 Å². The topological polar surface area (TPSA) is 75.7 Å². The third-order valence-electron chi connectivity index (χ3n) is 2.33. The van der Waals surface area contributed by atoms with Crippen LogP contribution < -0.4 is 10.5 Å². The summed E-state index contributed by atoms with van der Waals surface area (Å²) >= 11 is 0. The minimum Gasteiger partial charge on any atom is -0.504 e. The van der Waals surface area contributed by atoms with Crippen molar-refractivity contribution in [1.82, 2.24) is 0 Å². The van der Waals surface area contributed by atoms with Crippen LogP contribution in [0.5, 0.6) is 17.2 Å². The maximum Gasteiger partial charge on any atom is 0.160 e. The van der Waals surface area contributed by atoms with E-state index in [1.54, 1.807) is 38.3 Å². The molecule has 2 aromatic rings. The van der Waals surface area contributed by atoms with Crippen LogP contribution in [0.2, 0.25) is 0 Å². The average Bonchev–Trinajstić information content (AvgIpc) is 2.38. The number of rotatable bonds is 1. The standard InChI is InChI=1S/C7H9NO.C7H8O2/c1-9-7-4-2-6(8)3-5-7;1-5-3-2-4-6(8)7(5)9/h2-5H,8H2,1H3;2-4,8-9H,1H3. The number of phenols is 2. The van der Waals surface area contributed by atoms with E-state index in [1.807, 2.05) is 12.1 Å². The molecule has 0 amide bonds. The summed E-state index contributed by atoms with van der Waals surface area (Å²) in [4.78, 5) is 0. The van der Waals surface area contributed by atoms with Crippen molar-refractivity contribution < 1.29 is 14.9 Å². The Bertz CT molecular complexity index is 475. The van der Waals surface area contributed by atoms with E-state index < -0.39 is 0 Å². The predicted octanol–water partition coefficient (Wildman–Crippen LogP) is 2.68. The number of nitrogens with two attached hydrogens (primary N) is 1. The lowest BCUT2D eigenvalue weighted by atomic mass is 10.2. The molecule has 0 unspecified atom stereocenters. The van der Waals surface area contributed by atoms with Gasteiger partial charge in [0.05, 0.1) is 7.11 Å². The monoisotopic (exact) mass is 247 g/mol. The number of aryl methyl sites for hydroxylation is 1. The lowest BCUT2D eigenvalue weighted by Gasteiger charge is -1.97. The summed E-state index contributed by atoms with van der Waals surface area (Å²) in [5.41, 5.74) is 6.88. The summed E-state index contributed by atoms with van der Waals surface area (Å²) in [6.45, 7) is 1.73. The Morgan fingerprint density at radius 1 is 1.00 bits per heavy atom. The summed E-state index contributed by atoms with van der Waals surface area (Å²) in [5.74, 6) is 0.747. The van der Waals surface area contributed by atoms with Crippen molar-refractivity contribution >= 4 is 5.69 Å². The Morgan fingerprint density at radius 3 is 2.06 bits per heavy atom. The molecule has 0 spiro atoms. The van der Waals surface area contributed by atoms with Crippen molar-refractivity contribution in [2.24, 2.45) is 0 Å². The van der Waals surface area contributed by atoms with Crippen molar-refractivity contribution in [1.29, 1.82) is 0 Å². The van der Waals surface area contributed by atoms with Gasteiger partial charge in [0.1, 0.15) is 5.75 Å². The van der Waals surface area contributed by atoms with Crippen molar-refractivity contribution in [3.8, 4) is 17.2 Å². The molecule has 0 heterocycles. The molecule has 0 fully saturated rings. The molecule has 2 rings (SSSR count). The number of ether oxygens (including phenoxy) is 1. The minimum atomic E-state index is -0.0602. The number of aromatic hydroxyl groups is 2. The second-order valence-electron chi connectivity index (χ2n) is 3.72. The van der Waals surface area contributed by atoms with E-state index in [1.165, 1.54) is 6.07 Å². The van der Waals surface area contributed by atoms with Gasteiger partial charge in [-0.05, 0) is 42.8 Å².